The first-order valence-corrected chi connectivity index (χ1v) is 16.2. The molecule has 4 aromatic rings. The molecule has 3 aromatic heterocycles. The SMILES string of the molecule is CC(C)(O)CN1CCCCCCc2ccccc2-c2nc(sc2-n2ccc(OCC(C)(C)C(F)(F)F)n2)N(S)c2cccc1n2. The Morgan fingerprint density at radius 3 is 2.42 bits per heavy atom. The monoisotopic (exact) mass is 660 g/mol. The highest BCUT2D eigenvalue weighted by atomic mass is 32.1. The average Bonchev–Trinajstić information content (AvgIpc) is 3.63. The minimum Gasteiger partial charge on any atom is -0.476 e. The van der Waals surface area contributed by atoms with Crippen molar-refractivity contribution in [1.82, 2.24) is 19.7 Å². The maximum absolute atomic E-state index is 13.4. The summed E-state index contributed by atoms with van der Waals surface area (Å²) in [4.78, 5) is 12.0. The van der Waals surface area contributed by atoms with E-state index in [4.69, 9.17) is 27.5 Å². The van der Waals surface area contributed by atoms with Crippen LogP contribution >= 0.6 is 24.2 Å². The van der Waals surface area contributed by atoms with Crippen molar-refractivity contribution < 1.29 is 23.0 Å². The molecule has 8 nitrogen and oxygen atoms in total. The number of thiol groups is 1. The van der Waals surface area contributed by atoms with Crippen LogP contribution in [0.5, 0.6) is 5.88 Å². The van der Waals surface area contributed by atoms with Crippen LogP contribution in [-0.4, -0.2) is 56.3 Å². The van der Waals surface area contributed by atoms with Crippen molar-refractivity contribution in [2.45, 2.75) is 71.6 Å². The highest BCUT2D eigenvalue weighted by Crippen LogP contribution is 2.41. The number of pyridine rings is 1. The number of aliphatic hydroxyl groups is 1. The van der Waals surface area contributed by atoms with Gasteiger partial charge in [0, 0.05) is 30.9 Å². The molecule has 45 heavy (non-hydrogen) atoms. The Kier molecular flexibility index (Phi) is 9.71. The van der Waals surface area contributed by atoms with Gasteiger partial charge in [0.15, 0.2) is 0 Å². The molecule has 4 heterocycles. The van der Waals surface area contributed by atoms with Gasteiger partial charge in [0.05, 0.1) is 11.0 Å². The van der Waals surface area contributed by atoms with E-state index >= 15 is 0 Å². The predicted molar refractivity (Wildman–Crippen MR) is 176 cm³/mol. The van der Waals surface area contributed by atoms with E-state index in [9.17, 15) is 18.3 Å². The summed E-state index contributed by atoms with van der Waals surface area (Å²) in [5.41, 5.74) is -0.152. The molecule has 0 radical (unpaired) electrons. The number of alkyl halides is 3. The summed E-state index contributed by atoms with van der Waals surface area (Å²) in [6.45, 7) is 6.42. The second-order valence-electron chi connectivity index (χ2n) is 12.6. The maximum atomic E-state index is 13.4. The zero-order valence-corrected chi connectivity index (χ0v) is 27.6. The Labute approximate surface area is 271 Å². The number of β-amino-alcohol motifs (C(OH)–C–C–N with tert-alkyl or cyclic N) is 1. The number of hydrogen-bond donors (Lipinski definition) is 2. The van der Waals surface area contributed by atoms with Crippen LogP contribution in [0.3, 0.4) is 0 Å². The summed E-state index contributed by atoms with van der Waals surface area (Å²) in [6, 6.07) is 15.4. The standard InChI is InChI=1S/C32H39F3N6O2S2/c1-30(2,32(33,34)35)21-43-26-17-19-40(38-26)28-27-23-14-9-8-13-22(23)12-7-5-6-10-18-39(20-31(3,4)42)24-15-11-16-25(36-24)41(44)29(37-27)45-28/h8-9,11,13-17,19,42,44H,5-7,10,12,18,20-21H2,1-4H3. The average molecular weight is 661 g/mol. The van der Waals surface area contributed by atoms with E-state index in [0.717, 1.165) is 69.4 Å². The first-order chi connectivity index (χ1) is 21.2. The predicted octanol–water partition coefficient (Wildman–Crippen LogP) is 8.03. The summed E-state index contributed by atoms with van der Waals surface area (Å²) in [7, 11) is 0. The number of aryl methyl sites for hydroxylation is 1. The van der Waals surface area contributed by atoms with Crippen LogP contribution in [0.2, 0.25) is 0 Å². The first kappa shape index (κ1) is 33.1. The molecular weight excluding hydrogens is 622 g/mol. The first-order valence-electron chi connectivity index (χ1n) is 15.0. The molecule has 0 saturated heterocycles. The molecule has 1 N–H and O–H groups in total. The van der Waals surface area contributed by atoms with Gasteiger partial charge >= 0.3 is 6.18 Å². The summed E-state index contributed by atoms with van der Waals surface area (Å²) in [5.74, 6) is 1.38. The van der Waals surface area contributed by atoms with Crippen molar-refractivity contribution in [3.05, 3.63) is 60.3 Å². The molecule has 0 spiro atoms. The van der Waals surface area contributed by atoms with Gasteiger partial charge in [0.25, 0.3) is 0 Å². The minimum atomic E-state index is -4.41. The molecule has 242 valence electrons. The number of aromatic nitrogens is 4. The van der Waals surface area contributed by atoms with Crippen LogP contribution in [0.1, 0.15) is 58.9 Å². The summed E-state index contributed by atoms with van der Waals surface area (Å²) < 4.78 is 49.0. The maximum Gasteiger partial charge on any atom is 0.397 e. The second-order valence-corrected chi connectivity index (χ2v) is 14.0. The van der Waals surface area contributed by atoms with Crippen molar-refractivity contribution in [1.29, 1.82) is 0 Å². The third-order valence-electron chi connectivity index (χ3n) is 7.64. The lowest BCUT2D eigenvalue weighted by Crippen LogP contribution is -2.39. The van der Waals surface area contributed by atoms with Crippen molar-refractivity contribution >= 4 is 40.9 Å². The zero-order valence-electron chi connectivity index (χ0n) is 25.9. The molecule has 13 heteroatoms. The Morgan fingerprint density at radius 2 is 1.67 bits per heavy atom. The fraction of sp³-hybridized carbons (Fsp3) is 0.469. The zero-order chi connectivity index (χ0) is 32.4. The number of fused-ring (bicyclic) bond motifs is 6. The van der Waals surface area contributed by atoms with Crippen LogP contribution in [0.4, 0.5) is 29.9 Å². The molecule has 0 fully saturated rings. The van der Waals surface area contributed by atoms with Crippen LogP contribution in [0.15, 0.2) is 54.7 Å². The number of rotatable bonds is 6. The van der Waals surface area contributed by atoms with Gasteiger partial charge in [-0.05, 0) is 64.7 Å². The Hall–Kier alpha value is -3.29. The van der Waals surface area contributed by atoms with Crippen LogP contribution in [-0.2, 0) is 6.42 Å². The van der Waals surface area contributed by atoms with E-state index in [0.29, 0.717) is 28.2 Å². The number of ether oxygens (including phenoxy) is 1. The fourth-order valence-corrected chi connectivity index (χ4v) is 6.26. The third-order valence-corrected chi connectivity index (χ3v) is 9.20. The molecular formula is C32H39F3N6O2S2. The summed E-state index contributed by atoms with van der Waals surface area (Å²) in [5, 5.41) is 16.3. The van der Waals surface area contributed by atoms with Gasteiger partial charge in [-0.15, -0.1) is 5.10 Å². The molecule has 5 rings (SSSR count). The highest BCUT2D eigenvalue weighted by Gasteiger charge is 2.48. The molecule has 0 aliphatic carbocycles. The normalized spacial score (nSPS) is 15.2. The van der Waals surface area contributed by atoms with Crippen molar-refractivity contribution in [3.8, 4) is 22.1 Å². The second kappa shape index (κ2) is 13.2. The van der Waals surface area contributed by atoms with Crippen LogP contribution in [0, 0.1) is 5.41 Å². The van der Waals surface area contributed by atoms with Crippen molar-refractivity contribution in [3.63, 3.8) is 0 Å². The van der Waals surface area contributed by atoms with Gasteiger partial charge in [-0.3, -0.25) is 0 Å². The summed E-state index contributed by atoms with van der Waals surface area (Å²) >= 11 is 6.15. The number of nitrogens with zero attached hydrogens (tertiary/aromatic N) is 6. The number of thiazole rings is 1. The molecule has 0 saturated carbocycles. The van der Waals surface area contributed by atoms with Gasteiger partial charge in [-0.2, -0.15) is 13.2 Å². The van der Waals surface area contributed by atoms with Crippen LogP contribution < -0.4 is 13.9 Å². The molecule has 0 atom stereocenters. The fourth-order valence-electron chi connectivity index (χ4n) is 5.04. The van der Waals surface area contributed by atoms with Gasteiger partial charge in [0.1, 0.15) is 28.9 Å². The van der Waals surface area contributed by atoms with E-state index in [1.807, 2.05) is 36.4 Å². The van der Waals surface area contributed by atoms with E-state index in [2.05, 4.69) is 16.1 Å². The van der Waals surface area contributed by atoms with Gasteiger partial charge < -0.3 is 14.7 Å². The molecule has 1 aliphatic rings. The Balaban J connectivity index is 1.55. The van der Waals surface area contributed by atoms with E-state index in [1.165, 1.54) is 11.3 Å². The molecule has 0 unspecified atom stereocenters. The van der Waals surface area contributed by atoms with Gasteiger partial charge in [0.2, 0.25) is 11.0 Å². The van der Waals surface area contributed by atoms with Gasteiger partial charge in [-0.1, -0.05) is 67.3 Å². The third kappa shape index (κ3) is 7.93. The van der Waals surface area contributed by atoms with Gasteiger partial charge in [-0.25, -0.2) is 19.0 Å². The molecule has 1 aromatic carbocycles. The summed E-state index contributed by atoms with van der Waals surface area (Å²) in [6.07, 6.45) is 2.17. The Morgan fingerprint density at radius 1 is 0.933 bits per heavy atom. The van der Waals surface area contributed by atoms with E-state index in [1.54, 1.807) is 35.1 Å². The lowest BCUT2D eigenvalue weighted by Gasteiger charge is -2.30. The lowest BCUT2D eigenvalue weighted by molar-refractivity contribution is -0.219. The minimum absolute atomic E-state index is 0.0869. The largest absolute Gasteiger partial charge is 0.476 e. The van der Waals surface area contributed by atoms with E-state index < -0.39 is 23.8 Å². The molecule has 0 amide bonds. The van der Waals surface area contributed by atoms with E-state index in [-0.39, 0.29) is 5.88 Å². The Bertz CT molecular complexity index is 1600. The van der Waals surface area contributed by atoms with Crippen molar-refractivity contribution in [2.24, 2.45) is 5.41 Å². The quantitative estimate of drug-likeness (QED) is 0.203. The molecule has 1 aliphatic heterocycles. The number of benzene rings is 1. The number of hydrogen-bond acceptors (Lipinski definition) is 9. The van der Waals surface area contributed by atoms with Crippen molar-refractivity contribution in [2.75, 3.05) is 28.9 Å². The number of anilines is 3. The highest BCUT2D eigenvalue weighted by molar-refractivity contribution is 7.82. The smallest absolute Gasteiger partial charge is 0.397 e. The lowest BCUT2D eigenvalue weighted by atomic mass is 9.94. The van der Waals surface area contributed by atoms with Crippen LogP contribution in [0.25, 0.3) is 16.3 Å². The number of halogens is 3. The topological polar surface area (TPSA) is 79.5 Å². The molecule has 4 bridgehead atoms.